The number of fused-ring (bicyclic) bond motifs is 1. The van der Waals surface area contributed by atoms with Gasteiger partial charge in [0.2, 0.25) is 0 Å². The molecule has 1 amide bonds. The predicted molar refractivity (Wildman–Crippen MR) is 124 cm³/mol. The third-order valence-corrected chi connectivity index (χ3v) is 5.72. The first kappa shape index (κ1) is 22.4. The molecule has 3 aromatic rings. The van der Waals surface area contributed by atoms with Crippen molar-refractivity contribution in [2.45, 2.75) is 13.0 Å². The van der Waals surface area contributed by atoms with Crippen LogP contribution in [0.5, 0.6) is 11.5 Å². The fourth-order valence-corrected chi connectivity index (χ4v) is 4.20. The SMILES string of the molecule is CCOc1cc(C2/C(=C(\O)c3cccc4ccccc34)C(=O)C(=O)N2CCOC)ccc1O. The number of carbonyl (C=O) groups excluding carboxylic acids is 2. The van der Waals surface area contributed by atoms with Crippen molar-refractivity contribution in [3.05, 3.63) is 77.4 Å². The third-order valence-electron chi connectivity index (χ3n) is 5.72. The molecule has 1 atom stereocenters. The molecule has 170 valence electrons. The number of aromatic hydroxyl groups is 1. The standard InChI is InChI=1S/C26H25NO6/c1-3-33-21-15-17(11-12-20(21)28)23-22(25(30)26(31)27(23)13-14-32-2)24(29)19-10-6-8-16-7-4-5-9-18(16)19/h4-12,15,23,28-29H,3,13-14H2,1-2H3/b24-22+. The average Bonchev–Trinajstić information content (AvgIpc) is 3.08. The lowest BCUT2D eigenvalue weighted by atomic mass is 9.93. The molecule has 1 aliphatic rings. The number of hydrogen-bond donors (Lipinski definition) is 2. The van der Waals surface area contributed by atoms with Crippen LogP contribution in [0, 0.1) is 0 Å². The molecule has 1 saturated heterocycles. The predicted octanol–water partition coefficient (Wildman–Crippen LogP) is 4.01. The number of amides is 1. The number of likely N-dealkylation sites (tertiary alicyclic amines) is 1. The van der Waals surface area contributed by atoms with E-state index in [1.165, 1.54) is 18.1 Å². The second-order valence-corrected chi connectivity index (χ2v) is 7.67. The zero-order chi connectivity index (χ0) is 23.5. The maximum atomic E-state index is 13.2. The molecule has 1 fully saturated rings. The number of Topliss-reactive ketones (excluding diaryl/α,β-unsaturated/α-hetero) is 1. The summed E-state index contributed by atoms with van der Waals surface area (Å²) in [6.07, 6.45) is 0. The van der Waals surface area contributed by atoms with Gasteiger partial charge in [-0.2, -0.15) is 0 Å². The Morgan fingerprint density at radius 2 is 1.82 bits per heavy atom. The van der Waals surface area contributed by atoms with Crippen molar-refractivity contribution in [2.75, 3.05) is 26.9 Å². The van der Waals surface area contributed by atoms with E-state index in [0.717, 1.165) is 10.8 Å². The van der Waals surface area contributed by atoms with Crippen LogP contribution in [-0.4, -0.2) is 53.7 Å². The summed E-state index contributed by atoms with van der Waals surface area (Å²) in [5, 5.41) is 23.2. The summed E-state index contributed by atoms with van der Waals surface area (Å²) in [6.45, 7) is 2.49. The zero-order valence-electron chi connectivity index (χ0n) is 18.4. The van der Waals surface area contributed by atoms with E-state index in [4.69, 9.17) is 9.47 Å². The molecule has 7 heteroatoms. The Morgan fingerprint density at radius 1 is 1.06 bits per heavy atom. The van der Waals surface area contributed by atoms with Gasteiger partial charge in [0.1, 0.15) is 5.76 Å². The Kier molecular flexibility index (Phi) is 6.33. The largest absolute Gasteiger partial charge is 0.507 e. The fraction of sp³-hybridized carbons (Fsp3) is 0.231. The summed E-state index contributed by atoms with van der Waals surface area (Å²) in [6, 6.07) is 16.7. The molecular weight excluding hydrogens is 422 g/mol. The van der Waals surface area contributed by atoms with Crippen LogP contribution in [0.4, 0.5) is 0 Å². The first-order chi connectivity index (χ1) is 16.0. The van der Waals surface area contributed by atoms with E-state index >= 15 is 0 Å². The molecular formula is C26H25NO6. The van der Waals surface area contributed by atoms with Crippen molar-refractivity contribution in [1.29, 1.82) is 0 Å². The first-order valence-corrected chi connectivity index (χ1v) is 10.7. The highest BCUT2D eigenvalue weighted by atomic mass is 16.5. The van der Waals surface area contributed by atoms with E-state index in [-0.39, 0.29) is 36.0 Å². The minimum absolute atomic E-state index is 0.0133. The van der Waals surface area contributed by atoms with E-state index < -0.39 is 17.7 Å². The van der Waals surface area contributed by atoms with E-state index in [9.17, 15) is 19.8 Å². The summed E-state index contributed by atoms with van der Waals surface area (Å²) in [4.78, 5) is 27.5. The molecule has 3 aromatic carbocycles. The summed E-state index contributed by atoms with van der Waals surface area (Å²) in [5.41, 5.74) is 0.987. The molecule has 0 radical (unpaired) electrons. The van der Waals surface area contributed by atoms with E-state index in [0.29, 0.717) is 17.7 Å². The Hall–Kier alpha value is -3.84. The van der Waals surface area contributed by atoms with Crippen LogP contribution in [0.25, 0.3) is 16.5 Å². The quantitative estimate of drug-likeness (QED) is 0.323. The van der Waals surface area contributed by atoms with Gasteiger partial charge < -0.3 is 24.6 Å². The Bertz CT molecular complexity index is 1240. The minimum atomic E-state index is -0.862. The van der Waals surface area contributed by atoms with Crippen molar-refractivity contribution in [1.82, 2.24) is 4.90 Å². The lowest BCUT2D eigenvalue weighted by molar-refractivity contribution is -0.140. The third kappa shape index (κ3) is 4.03. The van der Waals surface area contributed by atoms with Crippen LogP contribution < -0.4 is 4.74 Å². The molecule has 0 spiro atoms. The van der Waals surface area contributed by atoms with Gasteiger partial charge in [0.25, 0.3) is 11.7 Å². The molecule has 33 heavy (non-hydrogen) atoms. The van der Waals surface area contributed by atoms with Gasteiger partial charge in [0, 0.05) is 19.2 Å². The van der Waals surface area contributed by atoms with Gasteiger partial charge >= 0.3 is 0 Å². The number of rotatable bonds is 7. The topological polar surface area (TPSA) is 96.3 Å². The number of phenolic OH excluding ortho intramolecular Hbond substituents is 1. The second kappa shape index (κ2) is 9.34. The normalized spacial score (nSPS) is 17.6. The van der Waals surface area contributed by atoms with Crippen LogP contribution in [0.15, 0.2) is 66.2 Å². The van der Waals surface area contributed by atoms with Gasteiger partial charge in [-0.25, -0.2) is 0 Å². The number of hydrogen-bond acceptors (Lipinski definition) is 6. The zero-order valence-corrected chi connectivity index (χ0v) is 18.4. The average molecular weight is 447 g/mol. The van der Waals surface area contributed by atoms with Crippen molar-refractivity contribution in [2.24, 2.45) is 0 Å². The van der Waals surface area contributed by atoms with Crippen LogP contribution in [0.3, 0.4) is 0 Å². The maximum Gasteiger partial charge on any atom is 0.295 e. The first-order valence-electron chi connectivity index (χ1n) is 10.7. The van der Waals surface area contributed by atoms with Crippen LogP contribution in [-0.2, 0) is 14.3 Å². The Labute approximate surface area is 191 Å². The molecule has 7 nitrogen and oxygen atoms in total. The number of aliphatic hydroxyl groups is 1. The van der Waals surface area contributed by atoms with Gasteiger partial charge in [0.05, 0.1) is 24.8 Å². The fourth-order valence-electron chi connectivity index (χ4n) is 4.20. The van der Waals surface area contributed by atoms with Crippen LogP contribution in [0.2, 0.25) is 0 Å². The van der Waals surface area contributed by atoms with Gasteiger partial charge in [-0.15, -0.1) is 0 Å². The number of ether oxygens (including phenoxy) is 2. The number of methoxy groups -OCH3 is 1. The van der Waals surface area contributed by atoms with Crippen LogP contribution >= 0.6 is 0 Å². The Balaban J connectivity index is 1.93. The lowest BCUT2D eigenvalue weighted by Gasteiger charge is -2.25. The minimum Gasteiger partial charge on any atom is -0.507 e. The van der Waals surface area contributed by atoms with Gasteiger partial charge in [-0.1, -0.05) is 48.5 Å². The number of phenols is 1. The Morgan fingerprint density at radius 3 is 2.58 bits per heavy atom. The van der Waals surface area contributed by atoms with Crippen molar-refractivity contribution in [3.8, 4) is 11.5 Å². The smallest absolute Gasteiger partial charge is 0.295 e. The highest BCUT2D eigenvalue weighted by Crippen LogP contribution is 2.42. The molecule has 0 saturated carbocycles. The summed E-state index contributed by atoms with van der Waals surface area (Å²) in [7, 11) is 1.51. The van der Waals surface area contributed by atoms with E-state index in [1.54, 1.807) is 31.2 Å². The molecule has 1 heterocycles. The molecule has 0 aliphatic carbocycles. The van der Waals surface area contributed by atoms with Gasteiger partial charge in [-0.05, 0) is 35.4 Å². The van der Waals surface area contributed by atoms with Crippen molar-refractivity contribution < 1.29 is 29.3 Å². The molecule has 2 N–H and O–H groups in total. The van der Waals surface area contributed by atoms with E-state index in [2.05, 4.69) is 0 Å². The number of carbonyl (C=O) groups is 2. The highest BCUT2D eigenvalue weighted by Gasteiger charge is 2.46. The monoisotopic (exact) mass is 447 g/mol. The van der Waals surface area contributed by atoms with Gasteiger partial charge in [-0.3, -0.25) is 9.59 Å². The number of nitrogens with zero attached hydrogens (tertiary/aromatic N) is 1. The maximum absolute atomic E-state index is 13.2. The molecule has 4 rings (SSSR count). The second-order valence-electron chi connectivity index (χ2n) is 7.67. The highest BCUT2D eigenvalue weighted by molar-refractivity contribution is 6.46. The van der Waals surface area contributed by atoms with Crippen LogP contribution in [0.1, 0.15) is 24.1 Å². The molecule has 1 unspecified atom stereocenters. The summed E-state index contributed by atoms with van der Waals surface area (Å²) >= 11 is 0. The van der Waals surface area contributed by atoms with Gasteiger partial charge in [0.15, 0.2) is 11.5 Å². The number of aliphatic hydroxyl groups excluding tert-OH is 1. The molecule has 1 aliphatic heterocycles. The van der Waals surface area contributed by atoms with Crippen molar-refractivity contribution >= 4 is 28.2 Å². The number of benzene rings is 3. The molecule has 0 aromatic heterocycles. The number of ketones is 1. The van der Waals surface area contributed by atoms with Crippen molar-refractivity contribution in [3.63, 3.8) is 0 Å². The lowest BCUT2D eigenvalue weighted by Crippen LogP contribution is -2.32. The van der Waals surface area contributed by atoms with E-state index in [1.807, 2.05) is 30.3 Å². The summed E-state index contributed by atoms with van der Waals surface area (Å²) < 4.78 is 10.6. The summed E-state index contributed by atoms with van der Waals surface area (Å²) in [5.74, 6) is -1.56. The molecule has 0 bridgehead atoms.